The maximum absolute atomic E-state index is 12.6. The standard InChI is InChI=1S/C14H8F3O2/c15-14(16,17)11-3-1-2-9(6-11)10-4-5-12-13(7-10)19-8-18-12/h1,3-7H,8H2. The summed E-state index contributed by atoms with van der Waals surface area (Å²) in [6.07, 6.45) is -4.36. The van der Waals surface area contributed by atoms with Gasteiger partial charge in [0.2, 0.25) is 6.79 Å². The van der Waals surface area contributed by atoms with Gasteiger partial charge in [0.25, 0.3) is 0 Å². The van der Waals surface area contributed by atoms with Crippen LogP contribution in [0.25, 0.3) is 11.1 Å². The Balaban J connectivity index is 2.03. The number of halogens is 3. The van der Waals surface area contributed by atoms with Crippen molar-refractivity contribution in [2.45, 2.75) is 6.18 Å². The van der Waals surface area contributed by atoms with E-state index in [1.807, 2.05) is 0 Å². The largest absolute Gasteiger partial charge is 0.454 e. The first-order chi connectivity index (χ1) is 9.04. The summed E-state index contributed by atoms with van der Waals surface area (Å²) < 4.78 is 48.3. The molecule has 1 heterocycles. The highest BCUT2D eigenvalue weighted by atomic mass is 19.4. The average Bonchev–Trinajstić information content (AvgIpc) is 2.85. The van der Waals surface area contributed by atoms with E-state index in [0.29, 0.717) is 22.6 Å². The summed E-state index contributed by atoms with van der Waals surface area (Å²) in [5.41, 5.74) is 0.280. The van der Waals surface area contributed by atoms with Crippen LogP contribution >= 0.6 is 0 Å². The molecule has 2 aromatic rings. The first kappa shape index (κ1) is 11.9. The molecule has 97 valence electrons. The zero-order valence-corrected chi connectivity index (χ0v) is 9.62. The summed E-state index contributed by atoms with van der Waals surface area (Å²) in [6.45, 7) is 0.130. The van der Waals surface area contributed by atoms with Crippen molar-refractivity contribution < 1.29 is 22.6 Å². The molecule has 0 aliphatic carbocycles. The maximum Gasteiger partial charge on any atom is 0.416 e. The maximum atomic E-state index is 12.6. The van der Waals surface area contributed by atoms with E-state index in [9.17, 15) is 13.2 Å². The molecule has 1 aliphatic rings. The van der Waals surface area contributed by atoms with Crippen LogP contribution in [-0.4, -0.2) is 6.79 Å². The minimum atomic E-state index is -4.36. The molecule has 0 amide bonds. The van der Waals surface area contributed by atoms with Crippen LogP contribution in [0.5, 0.6) is 11.5 Å². The predicted molar refractivity (Wildman–Crippen MR) is 61.8 cm³/mol. The second kappa shape index (κ2) is 4.19. The Hall–Kier alpha value is -2.17. The van der Waals surface area contributed by atoms with E-state index in [0.717, 1.165) is 12.1 Å². The van der Waals surface area contributed by atoms with Crippen molar-refractivity contribution in [1.29, 1.82) is 0 Å². The van der Waals surface area contributed by atoms with E-state index >= 15 is 0 Å². The van der Waals surface area contributed by atoms with Gasteiger partial charge in [-0.1, -0.05) is 12.1 Å². The topological polar surface area (TPSA) is 18.5 Å². The first-order valence-corrected chi connectivity index (χ1v) is 5.53. The van der Waals surface area contributed by atoms with Gasteiger partial charge in [0.05, 0.1) is 5.56 Å². The predicted octanol–water partition coefficient (Wildman–Crippen LogP) is 3.90. The van der Waals surface area contributed by atoms with E-state index in [2.05, 4.69) is 6.07 Å². The number of hydrogen-bond donors (Lipinski definition) is 0. The van der Waals surface area contributed by atoms with Crippen molar-refractivity contribution in [1.82, 2.24) is 0 Å². The van der Waals surface area contributed by atoms with E-state index in [1.54, 1.807) is 18.2 Å². The molecule has 0 N–H and O–H groups in total. The normalized spacial score (nSPS) is 13.6. The fourth-order valence-corrected chi connectivity index (χ4v) is 1.87. The van der Waals surface area contributed by atoms with Crippen molar-refractivity contribution in [3.8, 4) is 22.6 Å². The van der Waals surface area contributed by atoms with Crippen LogP contribution in [0, 0.1) is 6.07 Å². The van der Waals surface area contributed by atoms with Gasteiger partial charge in [0.15, 0.2) is 11.5 Å². The quantitative estimate of drug-likeness (QED) is 0.778. The molecule has 0 unspecified atom stereocenters. The molecule has 0 aromatic heterocycles. The molecular formula is C14H8F3O2. The minimum Gasteiger partial charge on any atom is -0.454 e. The molecule has 0 atom stereocenters. The van der Waals surface area contributed by atoms with E-state index in [4.69, 9.17) is 9.47 Å². The van der Waals surface area contributed by atoms with Crippen LogP contribution in [0.3, 0.4) is 0 Å². The number of hydrogen-bond acceptors (Lipinski definition) is 2. The van der Waals surface area contributed by atoms with Gasteiger partial charge in [-0.3, -0.25) is 0 Å². The van der Waals surface area contributed by atoms with Crippen LogP contribution in [0.1, 0.15) is 5.56 Å². The Kier molecular flexibility index (Phi) is 2.62. The second-order valence-corrected chi connectivity index (χ2v) is 4.06. The first-order valence-electron chi connectivity index (χ1n) is 5.53. The summed E-state index contributed by atoms with van der Waals surface area (Å²) in [4.78, 5) is 0. The highest BCUT2D eigenvalue weighted by Gasteiger charge is 2.30. The molecule has 2 aromatic carbocycles. The molecule has 0 saturated heterocycles. The van der Waals surface area contributed by atoms with Crippen molar-refractivity contribution in [2.75, 3.05) is 6.79 Å². The summed E-state index contributed by atoms with van der Waals surface area (Å²) in [5, 5.41) is 0. The molecule has 0 saturated carbocycles. The Morgan fingerprint density at radius 1 is 1.00 bits per heavy atom. The molecule has 1 aliphatic heterocycles. The fourth-order valence-electron chi connectivity index (χ4n) is 1.87. The minimum absolute atomic E-state index is 0.130. The summed E-state index contributed by atoms with van der Waals surface area (Å²) >= 11 is 0. The van der Waals surface area contributed by atoms with Gasteiger partial charge in [-0.15, -0.1) is 0 Å². The Bertz CT molecular complexity index is 620. The van der Waals surface area contributed by atoms with Gasteiger partial charge in [0.1, 0.15) is 0 Å². The lowest BCUT2D eigenvalue weighted by molar-refractivity contribution is -0.137. The summed E-state index contributed by atoms with van der Waals surface area (Å²) in [5.74, 6) is 1.12. The second-order valence-electron chi connectivity index (χ2n) is 4.06. The molecule has 0 fully saturated rings. The van der Waals surface area contributed by atoms with Gasteiger partial charge >= 0.3 is 6.18 Å². The number of rotatable bonds is 1. The third kappa shape index (κ3) is 2.23. The Morgan fingerprint density at radius 3 is 2.58 bits per heavy atom. The lowest BCUT2D eigenvalue weighted by Crippen LogP contribution is -2.04. The average molecular weight is 265 g/mol. The smallest absolute Gasteiger partial charge is 0.416 e. The van der Waals surface area contributed by atoms with Crippen LogP contribution in [0.2, 0.25) is 0 Å². The van der Waals surface area contributed by atoms with Gasteiger partial charge in [-0.05, 0) is 41.5 Å². The number of alkyl halides is 3. The Labute approximate surface area is 107 Å². The molecule has 5 heteroatoms. The van der Waals surface area contributed by atoms with Crippen LogP contribution in [0.4, 0.5) is 13.2 Å². The molecule has 2 nitrogen and oxygen atoms in total. The number of fused-ring (bicyclic) bond motifs is 1. The Morgan fingerprint density at radius 2 is 1.79 bits per heavy atom. The SMILES string of the molecule is FC(F)(F)c1cc[c]c(-c2ccc3c(c2)OCO3)c1. The number of benzene rings is 2. The van der Waals surface area contributed by atoms with Crippen LogP contribution in [-0.2, 0) is 6.18 Å². The van der Waals surface area contributed by atoms with Crippen molar-refractivity contribution in [2.24, 2.45) is 0 Å². The molecule has 0 bridgehead atoms. The van der Waals surface area contributed by atoms with Crippen molar-refractivity contribution in [3.63, 3.8) is 0 Å². The summed E-state index contributed by atoms with van der Waals surface area (Å²) in [6, 6.07) is 11.1. The fraction of sp³-hybridized carbons (Fsp3) is 0.143. The zero-order chi connectivity index (χ0) is 13.5. The molecule has 1 radical (unpaired) electrons. The van der Waals surface area contributed by atoms with Crippen molar-refractivity contribution in [3.05, 3.63) is 48.0 Å². The molecular weight excluding hydrogens is 257 g/mol. The van der Waals surface area contributed by atoms with Crippen molar-refractivity contribution >= 4 is 0 Å². The number of ether oxygens (including phenoxy) is 2. The van der Waals surface area contributed by atoms with E-state index in [1.165, 1.54) is 6.07 Å². The van der Waals surface area contributed by atoms with Crippen LogP contribution < -0.4 is 9.47 Å². The zero-order valence-electron chi connectivity index (χ0n) is 9.62. The lowest BCUT2D eigenvalue weighted by atomic mass is 10.0. The highest BCUT2D eigenvalue weighted by Crippen LogP contribution is 2.37. The molecule has 19 heavy (non-hydrogen) atoms. The van der Waals surface area contributed by atoms with Gasteiger partial charge in [-0.25, -0.2) is 0 Å². The summed E-state index contributed by atoms with van der Waals surface area (Å²) in [7, 11) is 0. The van der Waals surface area contributed by atoms with E-state index < -0.39 is 11.7 Å². The molecule has 0 spiro atoms. The van der Waals surface area contributed by atoms with E-state index in [-0.39, 0.29) is 6.79 Å². The van der Waals surface area contributed by atoms with Crippen LogP contribution in [0.15, 0.2) is 36.4 Å². The van der Waals surface area contributed by atoms with Gasteiger partial charge in [0, 0.05) is 0 Å². The lowest BCUT2D eigenvalue weighted by Gasteiger charge is -2.09. The van der Waals surface area contributed by atoms with Gasteiger partial charge in [-0.2, -0.15) is 13.2 Å². The highest BCUT2D eigenvalue weighted by molar-refractivity contribution is 5.67. The van der Waals surface area contributed by atoms with Gasteiger partial charge < -0.3 is 9.47 Å². The third-order valence-electron chi connectivity index (χ3n) is 2.81. The monoisotopic (exact) mass is 265 g/mol. The molecule has 3 rings (SSSR count). The third-order valence-corrected chi connectivity index (χ3v) is 2.81.